The van der Waals surface area contributed by atoms with E-state index in [1.807, 2.05) is 11.8 Å². The van der Waals surface area contributed by atoms with Crippen molar-refractivity contribution in [2.45, 2.75) is 41.6 Å². The highest BCUT2D eigenvalue weighted by Gasteiger charge is 2.46. The molecule has 1 N–H and O–H groups in total. The van der Waals surface area contributed by atoms with Crippen molar-refractivity contribution < 1.29 is 9.53 Å². The number of halogens is 1. The van der Waals surface area contributed by atoms with Crippen molar-refractivity contribution >= 4 is 51.2 Å². The lowest BCUT2D eigenvalue weighted by Gasteiger charge is -2.39. The van der Waals surface area contributed by atoms with Crippen molar-refractivity contribution in [3.05, 3.63) is 41.1 Å². The Morgan fingerprint density at radius 2 is 2.21 bits per heavy atom. The number of aromatic nitrogens is 1. The number of benzene rings is 1. The molecule has 4 nitrogen and oxygen atoms in total. The first kappa shape index (κ1) is 20.3. The predicted molar refractivity (Wildman–Crippen MR) is 124 cm³/mol. The van der Waals surface area contributed by atoms with Gasteiger partial charge in [0.15, 0.2) is 3.42 Å². The highest BCUT2D eigenvalue weighted by Crippen LogP contribution is 2.46. The lowest BCUT2D eigenvalue weighted by molar-refractivity contribution is -0.143. The largest absolute Gasteiger partial charge is 0.468 e. The van der Waals surface area contributed by atoms with Crippen LogP contribution in [0.1, 0.15) is 37.9 Å². The fourth-order valence-corrected chi connectivity index (χ4v) is 6.56. The van der Waals surface area contributed by atoms with Crippen LogP contribution in [0, 0.1) is 5.92 Å². The van der Waals surface area contributed by atoms with E-state index in [0.717, 1.165) is 49.4 Å². The van der Waals surface area contributed by atoms with Gasteiger partial charge in [0.1, 0.15) is 0 Å². The van der Waals surface area contributed by atoms with Crippen LogP contribution in [0.15, 0.2) is 34.7 Å². The number of methoxy groups -OCH3 is 1. The third-order valence-corrected chi connectivity index (χ3v) is 8.16. The summed E-state index contributed by atoms with van der Waals surface area (Å²) in [5.41, 5.74) is 4.86. The van der Waals surface area contributed by atoms with Gasteiger partial charge in [0.2, 0.25) is 0 Å². The molecular formula is C22H27IN2O2S. The molecule has 0 amide bonds. The Labute approximate surface area is 184 Å². The number of carbonyl (C=O) groups is 1. The zero-order valence-electron chi connectivity index (χ0n) is 16.7. The van der Waals surface area contributed by atoms with Gasteiger partial charge in [-0.3, -0.25) is 9.69 Å². The van der Waals surface area contributed by atoms with E-state index in [2.05, 4.69) is 70.6 Å². The third kappa shape index (κ3) is 3.52. The number of hydrogen-bond acceptors (Lipinski definition) is 4. The van der Waals surface area contributed by atoms with Crippen molar-refractivity contribution in [3.63, 3.8) is 0 Å². The molecule has 3 heterocycles. The van der Waals surface area contributed by atoms with Crippen LogP contribution < -0.4 is 0 Å². The molecule has 28 heavy (non-hydrogen) atoms. The Hall–Kier alpha value is -0.990. The van der Waals surface area contributed by atoms with Crippen LogP contribution in [0.4, 0.5) is 0 Å². The van der Waals surface area contributed by atoms with Gasteiger partial charge in [0.25, 0.3) is 0 Å². The molecule has 1 aromatic heterocycles. The van der Waals surface area contributed by atoms with Gasteiger partial charge in [-0.15, -0.1) is 11.8 Å². The van der Waals surface area contributed by atoms with E-state index in [4.69, 9.17) is 4.74 Å². The molecule has 6 heteroatoms. The summed E-state index contributed by atoms with van der Waals surface area (Å²) in [5, 5.41) is 1.24. The van der Waals surface area contributed by atoms with Crippen LogP contribution >= 0.6 is 34.4 Å². The molecule has 150 valence electrons. The number of carbonyl (C=O) groups excluding carboxylic acids is 1. The minimum Gasteiger partial charge on any atom is -0.468 e. The second-order valence-corrected chi connectivity index (χ2v) is 10.9. The van der Waals surface area contributed by atoms with Crippen LogP contribution in [0.25, 0.3) is 10.9 Å². The molecule has 0 radical (unpaired) electrons. The molecule has 0 saturated carbocycles. The van der Waals surface area contributed by atoms with E-state index < -0.39 is 3.42 Å². The highest BCUT2D eigenvalue weighted by atomic mass is 127. The number of alkyl halides is 1. The summed E-state index contributed by atoms with van der Waals surface area (Å²) >= 11 is 4.20. The summed E-state index contributed by atoms with van der Waals surface area (Å²) in [6.07, 6.45) is 4.23. The maximum absolute atomic E-state index is 13.0. The first-order chi connectivity index (χ1) is 13.5. The molecule has 2 aliphatic heterocycles. The van der Waals surface area contributed by atoms with Gasteiger partial charge in [-0.25, -0.2) is 0 Å². The molecule has 2 aliphatic rings. The average molecular weight is 510 g/mol. The fourth-order valence-electron chi connectivity index (χ4n) is 4.62. The molecule has 0 fully saturated rings. The molecular weight excluding hydrogens is 483 g/mol. The number of aromatic amines is 1. The van der Waals surface area contributed by atoms with E-state index in [1.54, 1.807) is 0 Å². The first-order valence-electron chi connectivity index (χ1n) is 9.95. The summed E-state index contributed by atoms with van der Waals surface area (Å²) in [7, 11) is 1.50. The Kier molecular flexibility index (Phi) is 5.82. The second kappa shape index (κ2) is 8.03. The van der Waals surface area contributed by atoms with Gasteiger partial charge in [-0.05, 0) is 48.3 Å². The van der Waals surface area contributed by atoms with Gasteiger partial charge >= 0.3 is 5.97 Å². The van der Waals surface area contributed by atoms with Gasteiger partial charge in [0, 0.05) is 41.1 Å². The number of thioether (sulfide) groups is 1. The Bertz CT molecular complexity index is 938. The lowest BCUT2D eigenvalue weighted by Crippen LogP contribution is -2.43. The maximum Gasteiger partial charge on any atom is 0.327 e. The predicted octanol–water partition coefficient (Wildman–Crippen LogP) is 5.26. The van der Waals surface area contributed by atoms with Crippen molar-refractivity contribution in [1.29, 1.82) is 0 Å². The van der Waals surface area contributed by atoms with Crippen LogP contribution in [0.5, 0.6) is 0 Å². The molecule has 1 unspecified atom stereocenters. The zero-order valence-corrected chi connectivity index (χ0v) is 19.7. The van der Waals surface area contributed by atoms with Crippen LogP contribution in [0.2, 0.25) is 0 Å². The summed E-state index contributed by atoms with van der Waals surface area (Å²) in [6.45, 7) is 7.29. The maximum atomic E-state index is 13.0. The summed E-state index contributed by atoms with van der Waals surface area (Å²) < 4.78 is 4.60. The smallest absolute Gasteiger partial charge is 0.327 e. The Balaban J connectivity index is 1.90. The molecule has 0 aliphatic carbocycles. The first-order valence-corrected chi connectivity index (χ1v) is 12.0. The molecule has 0 saturated heterocycles. The van der Waals surface area contributed by atoms with E-state index >= 15 is 0 Å². The number of nitrogens with zero attached hydrogens (tertiary/aromatic N) is 1. The molecule has 2 aromatic rings. The number of fused-ring (bicyclic) bond motifs is 5. The Morgan fingerprint density at radius 3 is 2.93 bits per heavy atom. The van der Waals surface area contributed by atoms with Gasteiger partial charge in [-0.1, -0.05) is 48.1 Å². The van der Waals surface area contributed by atoms with Crippen molar-refractivity contribution in [1.82, 2.24) is 9.88 Å². The van der Waals surface area contributed by atoms with Gasteiger partial charge in [-0.2, -0.15) is 0 Å². The van der Waals surface area contributed by atoms with E-state index in [-0.39, 0.29) is 5.97 Å². The number of nitrogens with one attached hydrogen (secondary N) is 1. The lowest BCUT2D eigenvalue weighted by atomic mass is 9.84. The minimum absolute atomic E-state index is 0.158. The average Bonchev–Trinajstić information content (AvgIpc) is 3.04. The normalized spacial score (nSPS) is 26.9. The number of ether oxygens (including phenoxy) is 1. The fraction of sp³-hybridized carbons (Fsp3) is 0.500. The van der Waals surface area contributed by atoms with Crippen molar-refractivity contribution in [2.75, 3.05) is 26.0 Å². The quantitative estimate of drug-likeness (QED) is 0.201. The zero-order chi connectivity index (χ0) is 19.9. The Morgan fingerprint density at radius 1 is 1.39 bits per heavy atom. The van der Waals surface area contributed by atoms with Crippen molar-refractivity contribution in [3.8, 4) is 0 Å². The highest BCUT2D eigenvalue weighted by molar-refractivity contribution is 14.1. The van der Waals surface area contributed by atoms with Crippen molar-refractivity contribution in [2.24, 2.45) is 5.92 Å². The van der Waals surface area contributed by atoms with E-state index in [9.17, 15) is 4.79 Å². The minimum atomic E-state index is -0.692. The summed E-state index contributed by atoms with van der Waals surface area (Å²) in [5.74, 6) is 1.26. The molecule has 4 rings (SSSR count). The number of hydrogen-bond donors (Lipinski definition) is 1. The molecule has 3 atom stereocenters. The SMILES string of the molecule is CCSc1ccc2[nH]c3c(c2c1)CN1CC(CC)=C[C@@H](C1)C[C@@]3(I)C(=O)OC. The monoisotopic (exact) mass is 510 g/mol. The van der Waals surface area contributed by atoms with E-state index in [1.165, 1.54) is 28.5 Å². The van der Waals surface area contributed by atoms with Gasteiger partial charge < -0.3 is 9.72 Å². The summed E-state index contributed by atoms with van der Waals surface area (Å²) in [6, 6.07) is 6.61. The second-order valence-electron chi connectivity index (χ2n) is 7.72. The number of H-pyrrole nitrogens is 1. The topological polar surface area (TPSA) is 45.3 Å². The van der Waals surface area contributed by atoms with Crippen LogP contribution in [0.3, 0.4) is 0 Å². The van der Waals surface area contributed by atoms with Gasteiger partial charge in [0.05, 0.1) is 7.11 Å². The molecule has 2 bridgehead atoms. The molecule has 0 spiro atoms. The van der Waals surface area contributed by atoms with Crippen LogP contribution in [-0.2, 0) is 19.5 Å². The number of rotatable bonds is 4. The third-order valence-electron chi connectivity index (χ3n) is 5.86. The van der Waals surface area contributed by atoms with E-state index in [0.29, 0.717) is 5.92 Å². The number of esters is 1. The van der Waals surface area contributed by atoms with Crippen LogP contribution in [-0.4, -0.2) is 41.8 Å². The standard InChI is InChI=1S/C22H27IN2O2S/c1-4-14-8-15-10-22(23,21(26)27-3)20-18(13-25(11-14)12-15)17-9-16(28-5-2)6-7-19(17)24-20/h6-9,15,24H,4-5,10-13H2,1-3H3/t15-,22+/m1/s1. The summed E-state index contributed by atoms with van der Waals surface area (Å²) in [4.78, 5) is 20.4. The molecule has 1 aromatic carbocycles.